The molecule has 2 heterocycles. The Bertz CT molecular complexity index is 1070. The molecule has 1 saturated heterocycles. The minimum atomic E-state index is -0.263. The molecule has 7 heteroatoms. The Kier molecular flexibility index (Phi) is 6.84. The normalized spacial score (nSPS) is 14.5. The van der Waals surface area contributed by atoms with Gasteiger partial charge in [0, 0.05) is 49.2 Å². The first-order chi connectivity index (χ1) is 15.1. The van der Waals surface area contributed by atoms with Crippen LogP contribution in [0.2, 0.25) is 0 Å². The lowest BCUT2D eigenvalue weighted by molar-refractivity contribution is -0.133. The fraction of sp³-hybridized carbons (Fsp3) is 0.292. The van der Waals surface area contributed by atoms with Crippen molar-refractivity contribution in [2.45, 2.75) is 18.0 Å². The van der Waals surface area contributed by atoms with E-state index in [2.05, 4.69) is 22.1 Å². The van der Waals surface area contributed by atoms with E-state index in [9.17, 15) is 9.59 Å². The van der Waals surface area contributed by atoms with Gasteiger partial charge in [0.2, 0.25) is 5.91 Å². The minimum absolute atomic E-state index is 0.0335. The molecule has 0 unspecified atom stereocenters. The third-order valence-corrected chi connectivity index (χ3v) is 6.26. The molecule has 1 aliphatic rings. The van der Waals surface area contributed by atoms with Gasteiger partial charge in [-0.1, -0.05) is 42.5 Å². The summed E-state index contributed by atoms with van der Waals surface area (Å²) in [5.74, 6) is -0.0659. The Morgan fingerprint density at radius 2 is 1.65 bits per heavy atom. The molecule has 1 aromatic heterocycles. The summed E-state index contributed by atoms with van der Waals surface area (Å²) in [4.78, 5) is 30.5. The average molecular weight is 435 g/mol. The fourth-order valence-electron chi connectivity index (χ4n) is 3.70. The van der Waals surface area contributed by atoms with Crippen LogP contribution in [0.1, 0.15) is 5.56 Å². The lowest BCUT2D eigenvalue weighted by Crippen LogP contribution is -2.49. The molecule has 0 N–H and O–H groups in total. The Morgan fingerprint density at radius 3 is 2.32 bits per heavy atom. The molecule has 0 aliphatic carbocycles. The molecule has 6 nitrogen and oxygen atoms in total. The summed E-state index contributed by atoms with van der Waals surface area (Å²) in [5, 5.41) is 4.44. The Hall–Kier alpha value is -2.90. The van der Waals surface area contributed by atoms with Gasteiger partial charge in [0.15, 0.2) is 0 Å². The van der Waals surface area contributed by atoms with Crippen molar-refractivity contribution in [1.29, 1.82) is 0 Å². The quantitative estimate of drug-likeness (QED) is 0.559. The summed E-state index contributed by atoms with van der Waals surface area (Å²) in [6, 6.07) is 21.6. The Balaban J connectivity index is 1.37. The minimum Gasteiger partial charge on any atom is -0.339 e. The number of hydrogen-bond acceptors (Lipinski definition) is 5. The molecule has 1 amide bonds. The Morgan fingerprint density at radius 1 is 0.935 bits per heavy atom. The third kappa shape index (κ3) is 5.42. The van der Waals surface area contributed by atoms with Crippen molar-refractivity contribution in [3.8, 4) is 11.3 Å². The maximum Gasteiger partial charge on any atom is 0.267 e. The molecular weight excluding hydrogens is 408 g/mol. The smallest absolute Gasteiger partial charge is 0.267 e. The molecule has 3 aromatic rings. The molecular formula is C24H26N4O2S. The van der Waals surface area contributed by atoms with Crippen molar-refractivity contribution in [3.05, 3.63) is 82.6 Å². The van der Waals surface area contributed by atoms with Crippen LogP contribution in [0, 0.1) is 0 Å². The van der Waals surface area contributed by atoms with Crippen LogP contribution < -0.4 is 5.56 Å². The lowest BCUT2D eigenvalue weighted by Gasteiger charge is -2.34. The maximum atomic E-state index is 12.8. The predicted octanol–water partition coefficient (Wildman–Crippen LogP) is 2.98. The second kappa shape index (κ2) is 9.94. The number of benzene rings is 2. The molecule has 1 fully saturated rings. The van der Waals surface area contributed by atoms with Gasteiger partial charge in [0.1, 0.15) is 6.54 Å². The van der Waals surface area contributed by atoms with Gasteiger partial charge in [-0.2, -0.15) is 5.10 Å². The zero-order valence-corrected chi connectivity index (χ0v) is 18.4. The molecule has 0 atom stereocenters. The zero-order chi connectivity index (χ0) is 21.6. The molecule has 160 valence electrons. The molecule has 2 aromatic carbocycles. The van der Waals surface area contributed by atoms with Gasteiger partial charge < -0.3 is 4.90 Å². The van der Waals surface area contributed by atoms with Gasteiger partial charge in [-0.15, -0.1) is 11.8 Å². The molecule has 0 radical (unpaired) electrons. The molecule has 0 spiro atoms. The highest BCUT2D eigenvalue weighted by Crippen LogP contribution is 2.20. The number of nitrogens with zero attached hydrogens (tertiary/aromatic N) is 4. The first-order valence-electron chi connectivity index (χ1n) is 10.4. The molecule has 31 heavy (non-hydrogen) atoms. The van der Waals surface area contributed by atoms with E-state index in [1.54, 1.807) is 17.8 Å². The predicted molar refractivity (Wildman–Crippen MR) is 124 cm³/mol. The van der Waals surface area contributed by atoms with E-state index in [0.717, 1.165) is 25.2 Å². The van der Waals surface area contributed by atoms with E-state index < -0.39 is 0 Å². The highest BCUT2D eigenvalue weighted by molar-refractivity contribution is 7.98. The average Bonchev–Trinajstić information content (AvgIpc) is 2.82. The van der Waals surface area contributed by atoms with Crippen molar-refractivity contribution in [2.24, 2.45) is 0 Å². The second-order valence-electron chi connectivity index (χ2n) is 7.59. The second-order valence-corrected chi connectivity index (χ2v) is 8.47. The standard InChI is InChI=1S/C24H26N4O2S/c1-31-21-9-7-20(8-10-21)22-11-12-23(29)28(25-22)18-24(30)27-15-13-26(14-16-27)17-19-5-3-2-4-6-19/h2-12H,13-18H2,1H3. The number of amides is 1. The SMILES string of the molecule is CSc1ccc(-c2ccc(=O)n(CC(=O)N3CCN(Cc4ccccc4)CC3)n2)cc1. The van der Waals surface area contributed by atoms with Crippen LogP contribution in [-0.4, -0.2) is 57.9 Å². The number of aromatic nitrogens is 2. The van der Waals surface area contributed by atoms with Crippen LogP contribution in [0.4, 0.5) is 0 Å². The van der Waals surface area contributed by atoms with Crippen molar-refractivity contribution >= 4 is 17.7 Å². The van der Waals surface area contributed by atoms with Crippen LogP contribution in [0.15, 0.2) is 76.4 Å². The van der Waals surface area contributed by atoms with Crippen molar-refractivity contribution in [2.75, 3.05) is 32.4 Å². The number of piperazine rings is 1. The van der Waals surface area contributed by atoms with Crippen LogP contribution in [0.3, 0.4) is 0 Å². The van der Waals surface area contributed by atoms with Gasteiger partial charge in [-0.25, -0.2) is 4.68 Å². The first kappa shape index (κ1) is 21.3. The molecule has 4 rings (SSSR count). The number of thioether (sulfide) groups is 1. The molecule has 0 bridgehead atoms. The highest BCUT2D eigenvalue weighted by atomic mass is 32.2. The van der Waals surface area contributed by atoms with Crippen LogP contribution in [0.5, 0.6) is 0 Å². The number of carbonyl (C=O) groups excluding carboxylic acids is 1. The van der Waals surface area contributed by atoms with E-state index in [-0.39, 0.29) is 18.0 Å². The van der Waals surface area contributed by atoms with Crippen LogP contribution >= 0.6 is 11.8 Å². The van der Waals surface area contributed by atoms with E-state index in [1.165, 1.54) is 21.2 Å². The van der Waals surface area contributed by atoms with Gasteiger partial charge >= 0.3 is 0 Å². The molecule has 1 aliphatic heterocycles. The monoisotopic (exact) mass is 434 g/mol. The maximum absolute atomic E-state index is 12.8. The van der Waals surface area contributed by atoms with E-state index in [0.29, 0.717) is 18.8 Å². The number of hydrogen-bond donors (Lipinski definition) is 0. The Labute approximate surface area is 186 Å². The zero-order valence-electron chi connectivity index (χ0n) is 17.6. The fourth-order valence-corrected chi connectivity index (χ4v) is 4.11. The van der Waals surface area contributed by atoms with E-state index in [4.69, 9.17) is 0 Å². The summed E-state index contributed by atoms with van der Waals surface area (Å²) in [7, 11) is 0. The first-order valence-corrected chi connectivity index (χ1v) is 11.6. The molecule has 0 saturated carbocycles. The van der Waals surface area contributed by atoms with Crippen molar-refractivity contribution in [1.82, 2.24) is 19.6 Å². The number of rotatable bonds is 6. The summed E-state index contributed by atoms with van der Waals surface area (Å²) in [6.45, 7) is 3.83. The highest BCUT2D eigenvalue weighted by Gasteiger charge is 2.22. The third-order valence-electron chi connectivity index (χ3n) is 5.51. The van der Waals surface area contributed by atoms with Crippen molar-refractivity contribution < 1.29 is 4.79 Å². The van der Waals surface area contributed by atoms with Crippen molar-refractivity contribution in [3.63, 3.8) is 0 Å². The van der Waals surface area contributed by atoms with Gasteiger partial charge in [0.05, 0.1) is 5.69 Å². The number of carbonyl (C=O) groups is 1. The van der Waals surface area contributed by atoms with Gasteiger partial charge in [-0.3, -0.25) is 14.5 Å². The lowest BCUT2D eigenvalue weighted by atomic mass is 10.1. The summed E-state index contributed by atoms with van der Waals surface area (Å²) < 4.78 is 1.27. The van der Waals surface area contributed by atoms with Crippen LogP contribution in [-0.2, 0) is 17.9 Å². The van der Waals surface area contributed by atoms with Gasteiger partial charge in [0.25, 0.3) is 5.56 Å². The van der Waals surface area contributed by atoms with Gasteiger partial charge in [-0.05, 0) is 30.0 Å². The topological polar surface area (TPSA) is 58.4 Å². The van der Waals surface area contributed by atoms with E-state index in [1.807, 2.05) is 53.6 Å². The van der Waals surface area contributed by atoms with Crippen LogP contribution in [0.25, 0.3) is 11.3 Å². The van der Waals surface area contributed by atoms with E-state index >= 15 is 0 Å². The largest absolute Gasteiger partial charge is 0.339 e. The summed E-state index contributed by atoms with van der Waals surface area (Å²) in [6.07, 6.45) is 2.03. The summed E-state index contributed by atoms with van der Waals surface area (Å²) >= 11 is 1.67. The summed E-state index contributed by atoms with van der Waals surface area (Å²) in [5.41, 5.74) is 2.63.